The molecule has 0 aliphatic rings. The van der Waals surface area contributed by atoms with Gasteiger partial charge in [-0.15, -0.1) is 0 Å². The molecular weight excluding hydrogens is 685 g/mol. The number of esters is 2. The first-order chi connectivity index (χ1) is 36.8. The third-order valence-corrected chi connectivity index (χ3v) is 7.36. The van der Waals surface area contributed by atoms with Crippen LogP contribution in [-0.2, 0) is 37.5 Å². The number of allylic oxidation sites excluding steroid dienone is 2. The van der Waals surface area contributed by atoms with Crippen LogP contribution in [0.5, 0.6) is 0 Å². The number of carbonyl (C=O) groups excluding carboxylic acids is 2. The van der Waals surface area contributed by atoms with Crippen molar-refractivity contribution in [2.45, 2.75) is 205 Å². The van der Waals surface area contributed by atoms with Crippen LogP contribution >= 0.6 is 7.82 Å². The molecule has 0 spiro atoms. The average Bonchev–Trinajstić information content (AvgIpc) is 3.50. The molecule has 0 saturated heterocycles. The second kappa shape index (κ2) is 36.2. The Hall–Kier alpha value is -1.78. The normalized spacial score (nSPS) is 26.9. The van der Waals surface area contributed by atoms with Gasteiger partial charge in [-0.05, 0) is 38.5 Å². The number of hydrogen-bond acceptors (Lipinski definition) is 9. The molecule has 0 aromatic carbocycles. The summed E-state index contributed by atoms with van der Waals surface area (Å²) >= 11 is 0. The van der Waals surface area contributed by atoms with E-state index in [4.69, 9.17) is 67.3 Å². The van der Waals surface area contributed by atoms with Crippen molar-refractivity contribution in [3.63, 3.8) is 0 Å². The van der Waals surface area contributed by atoms with Crippen LogP contribution in [0.1, 0.15) is 235 Å². The number of unbranched alkanes of at least 4 members (excludes halogenated alkanes) is 11. The third-order valence-electron chi connectivity index (χ3n) is 6.41. The van der Waals surface area contributed by atoms with Gasteiger partial charge in [0, 0.05) is 55.3 Å². The zero-order chi connectivity index (χ0) is 66.2. The zero-order valence-corrected chi connectivity index (χ0v) is 30.4. The Labute approximate surface area is 359 Å². The zero-order valence-electron chi connectivity index (χ0n) is 60.5. The van der Waals surface area contributed by atoms with Crippen LogP contribution in [0.3, 0.4) is 0 Å². The number of carboxylic acids is 1. The van der Waals surface area contributed by atoms with Crippen molar-refractivity contribution in [3.8, 4) is 0 Å². The number of phosphoric acid groups is 1. The first-order valence-electron chi connectivity index (χ1n) is 32.4. The topological polar surface area (TPSA) is 172 Å². The van der Waals surface area contributed by atoms with Crippen LogP contribution in [0.25, 0.3) is 0 Å². The SMILES string of the molecule is [2H]C([2H])([2H])C([2H])([2H])C([2H])([2H])C([2H])([2H])C([2H])([2H])C([2H])([2H])C([2H])([2H])C([2H])([2H])C([2H])([2H])C([2H])([2H])C([2H])([2H])C([2H])([2H])C([2H])([2H])C([2H])([2H])C([2H])([2H])C(=O)OC[C@H](COP(=O)(O)OC[C@H](N)C(=O)O)OC(=O)CCCCCCCC=CCCCCCCCC. The van der Waals surface area contributed by atoms with Gasteiger partial charge in [0.2, 0.25) is 0 Å². The van der Waals surface area contributed by atoms with E-state index in [0.29, 0.717) is 12.8 Å². The number of carbonyl (C=O) groups is 3. The first-order valence-corrected chi connectivity index (χ1v) is 18.4. The predicted octanol–water partition coefficient (Wildman–Crippen LogP) is 10.5. The van der Waals surface area contributed by atoms with Crippen LogP contribution in [0.4, 0.5) is 0 Å². The summed E-state index contributed by atoms with van der Waals surface area (Å²) in [6, 6.07) is -1.87. The smallest absolute Gasteiger partial charge is 0.472 e. The number of aliphatic carboxylic acids is 1. The fourth-order valence-electron chi connectivity index (χ4n) is 3.79. The van der Waals surface area contributed by atoms with E-state index < -0.39 is 154 Å². The molecular formula is C40H76NO10P. The fourth-order valence-corrected chi connectivity index (χ4v) is 4.57. The monoisotopic (exact) mass is 793 g/mol. The molecule has 4 N–H and O–H groups in total. The largest absolute Gasteiger partial charge is 0.480 e. The molecule has 0 fully saturated rings. The summed E-state index contributed by atoms with van der Waals surface area (Å²) < 4.78 is 285. The summed E-state index contributed by atoms with van der Waals surface area (Å²) in [5, 5.41) is 8.96. The number of rotatable bonds is 39. The minimum Gasteiger partial charge on any atom is -0.480 e. The molecule has 0 aromatic rings. The number of ether oxygens (including phenoxy) is 2. The number of phosphoric ester groups is 1. The van der Waals surface area contributed by atoms with E-state index in [1.807, 2.05) is 0 Å². The Balaban J connectivity index is 6.85. The summed E-state index contributed by atoms with van der Waals surface area (Å²) in [5.74, 6) is -5.35. The lowest BCUT2D eigenvalue weighted by Gasteiger charge is -2.20. The molecule has 0 aliphatic carbocycles. The molecule has 0 radical (unpaired) electrons. The van der Waals surface area contributed by atoms with Crippen molar-refractivity contribution in [2.75, 3.05) is 19.8 Å². The maximum atomic E-state index is 13.4. The van der Waals surface area contributed by atoms with Gasteiger partial charge >= 0.3 is 25.7 Å². The number of nitrogens with two attached hydrogens (primary N) is 1. The van der Waals surface area contributed by atoms with E-state index in [1.54, 1.807) is 0 Å². The quantitative estimate of drug-likeness (QED) is 0.0234. The van der Waals surface area contributed by atoms with Gasteiger partial charge in [0.1, 0.15) is 12.6 Å². The summed E-state index contributed by atoms with van der Waals surface area (Å²) in [6.45, 7) is -5.95. The molecule has 0 bridgehead atoms. The van der Waals surface area contributed by atoms with E-state index in [1.165, 1.54) is 25.7 Å². The van der Waals surface area contributed by atoms with E-state index in [9.17, 15) is 23.8 Å². The Bertz CT molecular complexity index is 2210. The van der Waals surface area contributed by atoms with Crippen molar-refractivity contribution >= 4 is 25.7 Å². The Morgan fingerprint density at radius 1 is 0.712 bits per heavy atom. The lowest BCUT2D eigenvalue weighted by molar-refractivity contribution is -0.161. The van der Waals surface area contributed by atoms with E-state index in [2.05, 4.69) is 23.6 Å². The molecule has 0 saturated carbocycles. The van der Waals surface area contributed by atoms with Gasteiger partial charge in [-0.2, -0.15) is 0 Å². The third kappa shape index (κ3) is 35.3. The van der Waals surface area contributed by atoms with Crippen molar-refractivity contribution in [1.82, 2.24) is 0 Å². The van der Waals surface area contributed by atoms with Crippen molar-refractivity contribution in [2.24, 2.45) is 5.73 Å². The van der Waals surface area contributed by atoms with Crippen LogP contribution in [0.2, 0.25) is 0 Å². The number of hydrogen-bond donors (Lipinski definition) is 3. The van der Waals surface area contributed by atoms with Crippen molar-refractivity contribution < 1.29 is 90.0 Å². The Kier molecular flexibility index (Phi) is 13.2. The predicted molar refractivity (Wildman–Crippen MR) is 208 cm³/mol. The van der Waals surface area contributed by atoms with Gasteiger partial charge in [-0.1, -0.05) is 154 Å². The highest BCUT2D eigenvalue weighted by Gasteiger charge is 2.28. The molecule has 306 valence electrons. The maximum absolute atomic E-state index is 13.4. The molecule has 52 heavy (non-hydrogen) atoms. The highest BCUT2D eigenvalue weighted by atomic mass is 31.2. The lowest BCUT2D eigenvalue weighted by atomic mass is 10.0. The second-order valence-corrected chi connectivity index (χ2v) is 12.3. The van der Waals surface area contributed by atoms with Gasteiger partial charge in [0.25, 0.3) is 0 Å². The fraction of sp³-hybridized carbons (Fsp3) is 0.875. The minimum atomic E-state index is -5.32. The molecule has 0 heterocycles. The van der Waals surface area contributed by atoms with E-state index in [-0.39, 0.29) is 12.8 Å². The Morgan fingerprint density at radius 2 is 1.21 bits per heavy atom. The van der Waals surface area contributed by atoms with E-state index in [0.717, 1.165) is 38.5 Å². The van der Waals surface area contributed by atoms with Gasteiger partial charge in [0.15, 0.2) is 6.10 Å². The van der Waals surface area contributed by atoms with Crippen LogP contribution < -0.4 is 5.73 Å². The molecule has 0 rings (SSSR count). The van der Waals surface area contributed by atoms with E-state index >= 15 is 0 Å². The van der Waals surface area contributed by atoms with Gasteiger partial charge < -0.3 is 25.2 Å². The molecule has 0 aromatic heterocycles. The molecule has 0 amide bonds. The molecule has 12 heteroatoms. The lowest BCUT2D eigenvalue weighted by Crippen LogP contribution is -2.34. The Morgan fingerprint density at radius 3 is 1.77 bits per heavy atom. The van der Waals surface area contributed by atoms with Crippen molar-refractivity contribution in [1.29, 1.82) is 0 Å². The highest BCUT2D eigenvalue weighted by molar-refractivity contribution is 7.47. The molecule has 11 nitrogen and oxygen atoms in total. The molecule has 0 aliphatic heterocycles. The summed E-state index contributed by atoms with van der Waals surface area (Å²) in [7, 11) is -5.32. The standard InChI is InChI=1S/C40H76NO10P/c1-3-5-7-9-11-13-15-17-18-20-22-24-26-28-30-32-39(43)51-36(34-49-52(46,47)50-35-37(41)40(44)45)33-48-38(42)31-29-27-25-23-21-19-16-14-12-10-8-6-4-2/h17-18,36-37H,3-16,19-35,41H2,1-2H3,(H,44,45)(H,46,47)/t36-,37+/m1/s1/i2D3,4D2,6D2,8D2,10D2,12D2,14D2,16D2,19D2,21D2,23D2,25D2,27D2,29D2,31D2. The first kappa shape index (κ1) is 18.9. The van der Waals surface area contributed by atoms with Crippen LogP contribution in [0, 0.1) is 0 Å². The number of carboxylic acid groups (broad SMARTS) is 1. The minimum absolute atomic E-state index is 0.196. The summed E-state index contributed by atoms with van der Waals surface area (Å²) in [4.78, 5) is 47.5. The van der Waals surface area contributed by atoms with Crippen LogP contribution in [0.15, 0.2) is 12.2 Å². The van der Waals surface area contributed by atoms with Gasteiger partial charge in [-0.3, -0.25) is 23.4 Å². The van der Waals surface area contributed by atoms with Crippen LogP contribution in [-0.4, -0.2) is 59.9 Å². The summed E-state index contributed by atoms with van der Waals surface area (Å²) in [5.41, 5.74) is 5.25. The maximum Gasteiger partial charge on any atom is 0.472 e. The highest BCUT2D eigenvalue weighted by Crippen LogP contribution is 2.43. The summed E-state index contributed by atoms with van der Waals surface area (Å²) in [6.07, 6.45) is -56.7. The molecule has 3 atom stereocenters. The second-order valence-electron chi connectivity index (χ2n) is 10.8. The average molecular weight is 793 g/mol. The van der Waals surface area contributed by atoms with Gasteiger partial charge in [-0.25, -0.2) is 4.57 Å². The van der Waals surface area contributed by atoms with Gasteiger partial charge in [0.05, 0.1) is 13.2 Å². The van der Waals surface area contributed by atoms with Crippen molar-refractivity contribution in [3.05, 3.63) is 12.2 Å². The molecule has 1 unspecified atom stereocenters.